The van der Waals surface area contributed by atoms with Crippen molar-refractivity contribution in [2.75, 3.05) is 0 Å². The van der Waals surface area contributed by atoms with E-state index in [4.69, 9.17) is 0 Å². The molecule has 2 rings (SSSR count). The van der Waals surface area contributed by atoms with E-state index in [2.05, 4.69) is 14.8 Å². The van der Waals surface area contributed by atoms with Gasteiger partial charge >= 0.3 is 5.65 Å². The van der Waals surface area contributed by atoms with E-state index < -0.39 is 0 Å². The van der Waals surface area contributed by atoms with Gasteiger partial charge < -0.3 is 5.21 Å². The number of rotatable bonds is 1. The van der Waals surface area contributed by atoms with Gasteiger partial charge in [-0.15, -0.1) is 0 Å². The lowest BCUT2D eigenvalue weighted by Crippen LogP contribution is -2.24. The van der Waals surface area contributed by atoms with Crippen LogP contribution in [0.1, 0.15) is 23.7 Å². The van der Waals surface area contributed by atoms with Gasteiger partial charge in [-0.1, -0.05) is 6.92 Å². The van der Waals surface area contributed by atoms with Gasteiger partial charge in [0.1, 0.15) is 0 Å². The fourth-order valence-electron chi connectivity index (χ4n) is 1.78. The second-order valence-corrected chi connectivity index (χ2v) is 3.26. The molecule has 2 heterocycles. The largest absolute Gasteiger partial charge is 0.359 e. The van der Waals surface area contributed by atoms with Crippen molar-refractivity contribution in [3.8, 4) is 0 Å². The lowest BCUT2D eigenvalue weighted by atomic mass is 10.0. The lowest BCUT2D eigenvalue weighted by molar-refractivity contribution is -0.782. The highest BCUT2D eigenvalue weighted by atomic mass is 16.8. The van der Waals surface area contributed by atoms with Crippen LogP contribution in [0.15, 0.2) is 4.63 Å². The van der Waals surface area contributed by atoms with Gasteiger partial charge in [0.25, 0.3) is 0 Å². The number of pyridine rings is 1. The summed E-state index contributed by atoms with van der Waals surface area (Å²) in [4.78, 5) is 4.62. The first-order chi connectivity index (χ1) is 6.65. The van der Waals surface area contributed by atoms with E-state index in [1.54, 1.807) is 0 Å². The molecule has 0 aliphatic heterocycles. The van der Waals surface area contributed by atoms with Crippen LogP contribution in [0.3, 0.4) is 0 Å². The van der Waals surface area contributed by atoms with Crippen LogP contribution in [0.4, 0.5) is 0 Å². The molecule has 0 unspecified atom stereocenters. The van der Waals surface area contributed by atoms with Crippen molar-refractivity contribution in [3.63, 3.8) is 0 Å². The third-order valence-electron chi connectivity index (χ3n) is 2.47. The van der Waals surface area contributed by atoms with Crippen LogP contribution in [0.5, 0.6) is 0 Å². The summed E-state index contributed by atoms with van der Waals surface area (Å²) in [5, 5.41) is 14.8. The highest BCUT2D eigenvalue weighted by Crippen LogP contribution is 2.18. The first-order valence-corrected chi connectivity index (χ1v) is 4.50. The molecule has 0 spiro atoms. The first-order valence-electron chi connectivity index (χ1n) is 4.50. The Hall–Kier alpha value is -1.65. The van der Waals surface area contributed by atoms with Crippen LogP contribution >= 0.6 is 0 Å². The summed E-state index contributed by atoms with van der Waals surface area (Å²) in [5.74, 6) is 0. The van der Waals surface area contributed by atoms with Crippen molar-refractivity contribution in [1.29, 1.82) is 0 Å². The van der Waals surface area contributed by atoms with Crippen molar-refractivity contribution < 1.29 is 9.53 Å². The van der Waals surface area contributed by atoms with Gasteiger partial charge in [-0.2, -0.15) is 0 Å². The number of aryl methyl sites for hydroxylation is 2. The molecule has 2 aromatic heterocycles. The highest BCUT2D eigenvalue weighted by molar-refractivity contribution is 5.71. The average Bonchev–Trinajstić information content (AvgIpc) is 2.48. The standard InChI is InChI=1S/C9H11N3O2/c1-4-7-5(2)8-9(10-6(7)3)11-14-12(8)13/h4H2,1-3H3. The number of hydrogen-bond donors (Lipinski definition) is 0. The summed E-state index contributed by atoms with van der Waals surface area (Å²) >= 11 is 0. The number of hydrogen-bond acceptors (Lipinski definition) is 4. The summed E-state index contributed by atoms with van der Waals surface area (Å²) in [6.07, 6.45) is 0.853. The predicted molar refractivity (Wildman–Crippen MR) is 49.6 cm³/mol. The molecule has 0 aliphatic rings. The molecule has 0 saturated carbocycles. The van der Waals surface area contributed by atoms with Gasteiger partial charge in [0.2, 0.25) is 5.52 Å². The van der Waals surface area contributed by atoms with Crippen LogP contribution in [-0.4, -0.2) is 10.1 Å². The zero-order valence-corrected chi connectivity index (χ0v) is 8.37. The summed E-state index contributed by atoms with van der Waals surface area (Å²) in [6, 6.07) is 0. The summed E-state index contributed by atoms with van der Waals surface area (Å²) in [5.41, 5.74) is 3.72. The minimum absolute atomic E-state index is 0.382. The Kier molecular flexibility index (Phi) is 1.87. The second kappa shape index (κ2) is 2.94. The van der Waals surface area contributed by atoms with E-state index in [-0.39, 0.29) is 0 Å². The SMILES string of the molecule is CCc1c(C)nc2no[n+]([O-])c2c1C. The molecular formula is C9H11N3O2. The third kappa shape index (κ3) is 1.05. The van der Waals surface area contributed by atoms with Crippen molar-refractivity contribution in [2.45, 2.75) is 27.2 Å². The summed E-state index contributed by atoms with van der Waals surface area (Å²) in [6.45, 7) is 5.84. The molecule has 0 bridgehead atoms. The Morgan fingerprint density at radius 3 is 2.79 bits per heavy atom. The Morgan fingerprint density at radius 1 is 1.43 bits per heavy atom. The van der Waals surface area contributed by atoms with Gasteiger partial charge in [0.05, 0.1) is 5.16 Å². The molecule has 0 aliphatic carbocycles. The van der Waals surface area contributed by atoms with Crippen LogP contribution in [0.2, 0.25) is 0 Å². The van der Waals surface area contributed by atoms with E-state index in [0.717, 1.165) is 23.2 Å². The van der Waals surface area contributed by atoms with Gasteiger partial charge in [-0.25, -0.2) is 4.98 Å². The van der Waals surface area contributed by atoms with E-state index in [9.17, 15) is 5.21 Å². The van der Waals surface area contributed by atoms with Crippen LogP contribution in [-0.2, 0) is 6.42 Å². The molecular weight excluding hydrogens is 182 g/mol. The molecule has 0 aromatic carbocycles. The Bertz CT molecular complexity index is 490. The van der Waals surface area contributed by atoms with Gasteiger partial charge in [0.15, 0.2) is 0 Å². The van der Waals surface area contributed by atoms with Gasteiger partial charge in [0, 0.05) is 11.3 Å². The minimum atomic E-state index is 0.382. The monoisotopic (exact) mass is 193 g/mol. The molecule has 5 heteroatoms. The van der Waals surface area contributed by atoms with E-state index in [1.807, 2.05) is 20.8 Å². The van der Waals surface area contributed by atoms with Gasteiger partial charge in [-0.05, 0) is 30.7 Å². The lowest BCUT2D eigenvalue weighted by Gasteiger charge is -2.04. The number of aromatic nitrogens is 3. The van der Waals surface area contributed by atoms with E-state index >= 15 is 0 Å². The molecule has 2 aromatic rings. The predicted octanol–water partition coefficient (Wildman–Crippen LogP) is 1.04. The quantitative estimate of drug-likeness (QED) is 0.634. The van der Waals surface area contributed by atoms with E-state index in [1.165, 1.54) is 0 Å². The van der Waals surface area contributed by atoms with Gasteiger partial charge in [-0.3, -0.25) is 4.63 Å². The smallest absolute Gasteiger partial charge is 0.341 e. The van der Waals surface area contributed by atoms with Crippen molar-refractivity contribution >= 4 is 11.2 Å². The molecule has 0 fully saturated rings. The number of fused-ring (bicyclic) bond motifs is 1. The Labute approximate surface area is 80.9 Å². The molecule has 5 nitrogen and oxygen atoms in total. The summed E-state index contributed by atoms with van der Waals surface area (Å²) in [7, 11) is 0. The van der Waals surface area contributed by atoms with Crippen molar-refractivity contribution in [1.82, 2.24) is 10.1 Å². The summed E-state index contributed by atoms with van der Waals surface area (Å²) < 4.78 is 4.50. The maximum absolute atomic E-state index is 11.2. The first kappa shape index (κ1) is 8.93. The topological polar surface area (TPSA) is 65.9 Å². The molecule has 74 valence electrons. The molecule has 14 heavy (non-hydrogen) atoms. The average molecular weight is 193 g/mol. The molecule has 0 atom stereocenters. The highest BCUT2D eigenvalue weighted by Gasteiger charge is 2.18. The number of nitrogens with zero attached hydrogens (tertiary/aromatic N) is 3. The Balaban J connectivity index is 2.89. The van der Waals surface area contributed by atoms with Crippen LogP contribution < -0.4 is 4.90 Å². The molecule has 0 N–H and O–H groups in total. The Morgan fingerprint density at radius 2 is 2.14 bits per heavy atom. The van der Waals surface area contributed by atoms with Crippen LogP contribution in [0, 0.1) is 19.1 Å². The molecule has 0 amide bonds. The van der Waals surface area contributed by atoms with Crippen LogP contribution in [0.25, 0.3) is 11.2 Å². The second-order valence-electron chi connectivity index (χ2n) is 3.26. The van der Waals surface area contributed by atoms with Crippen molar-refractivity contribution in [2.24, 2.45) is 0 Å². The maximum Gasteiger partial charge on any atom is 0.341 e. The normalized spacial score (nSPS) is 11.1. The molecule has 0 saturated heterocycles. The van der Waals surface area contributed by atoms with E-state index in [0.29, 0.717) is 16.1 Å². The third-order valence-corrected chi connectivity index (χ3v) is 2.47. The fourth-order valence-corrected chi connectivity index (χ4v) is 1.78. The fraction of sp³-hybridized carbons (Fsp3) is 0.444. The minimum Gasteiger partial charge on any atom is -0.359 e. The zero-order chi connectivity index (χ0) is 10.3. The zero-order valence-electron chi connectivity index (χ0n) is 8.37. The molecule has 0 radical (unpaired) electrons. The maximum atomic E-state index is 11.2. The van der Waals surface area contributed by atoms with Crippen molar-refractivity contribution in [3.05, 3.63) is 22.0 Å².